The average Bonchev–Trinajstić information content (AvgIpc) is 0.678. The van der Waals surface area contributed by atoms with Gasteiger partial charge >= 0.3 is 5.97 Å². The van der Waals surface area contributed by atoms with Gasteiger partial charge in [0, 0.05) is 69.0 Å². The quantitative estimate of drug-likeness (QED) is 0.0638. The van der Waals surface area contributed by atoms with Gasteiger partial charge in [0.25, 0.3) is 0 Å². The van der Waals surface area contributed by atoms with Gasteiger partial charge in [-0.2, -0.15) is 0 Å². The van der Waals surface area contributed by atoms with Crippen LogP contribution in [0, 0.1) is 170 Å². The normalized spacial score (nSPS) is 43.0. The van der Waals surface area contributed by atoms with Gasteiger partial charge in [0.2, 0.25) is 28.9 Å². The Morgan fingerprint density at radius 1 is 0.430 bits per heavy atom. The molecular formula is C102H139N7O12. The lowest BCUT2D eigenvalue weighted by Crippen LogP contribution is -2.66. The van der Waals surface area contributed by atoms with E-state index >= 15 is 0 Å². The van der Waals surface area contributed by atoms with Gasteiger partial charge in [-0.3, -0.25) is 33.6 Å². The molecule has 0 saturated heterocycles. The Morgan fingerprint density at radius 3 is 1.12 bits per heavy atom. The van der Waals surface area contributed by atoms with Gasteiger partial charge in [0.1, 0.15) is 11.6 Å². The fraction of sp³-hybridized carbons (Fsp3) is 0.735. The van der Waals surface area contributed by atoms with Crippen LogP contribution in [0.3, 0.4) is 0 Å². The average molecular weight is 1660 g/mol. The summed E-state index contributed by atoms with van der Waals surface area (Å²) in [5, 5.41) is 9.41. The third kappa shape index (κ3) is 13.2. The van der Waals surface area contributed by atoms with E-state index in [-0.39, 0.29) is 207 Å². The van der Waals surface area contributed by atoms with E-state index in [9.17, 15) is 52.7 Å². The number of allylic oxidation sites excluding steroid dienone is 12. The maximum atomic E-state index is 14.6. The van der Waals surface area contributed by atoms with Gasteiger partial charge in [-0.25, -0.2) is 19.3 Å². The minimum Gasteiger partial charge on any atom is -0.385 e. The summed E-state index contributed by atoms with van der Waals surface area (Å²) in [7, 11) is 0. The van der Waals surface area contributed by atoms with Crippen LogP contribution in [0.2, 0.25) is 0 Å². The van der Waals surface area contributed by atoms with Crippen molar-refractivity contribution in [2.45, 2.75) is 307 Å². The first-order valence-corrected chi connectivity index (χ1v) is 45.5. The van der Waals surface area contributed by atoms with Gasteiger partial charge in [0.15, 0.2) is 40.5 Å². The zero-order chi connectivity index (χ0) is 89.8. The fourth-order valence-electron chi connectivity index (χ4n) is 31.2. The summed E-state index contributed by atoms with van der Waals surface area (Å²) in [6, 6.07) is 0. The number of Topliss-reactive ketones (excluding diaryl/α,β-unsaturated/α-hetero) is 5. The van der Waals surface area contributed by atoms with Crippen LogP contribution in [0.1, 0.15) is 307 Å². The molecular weight excluding hydrogens is 1520 g/mol. The molecule has 121 heavy (non-hydrogen) atoms. The number of oxime groups is 1. The number of carbonyl (C=O) groups is 11. The molecule has 0 radical (unpaired) electrons. The van der Waals surface area contributed by atoms with Gasteiger partial charge < -0.3 is 35.6 Å². The van der Waals surface area contributed by atoms with Crippen LogP contribution < -0.4 is 16.4 Å². The molecule has 654 valence electrons. The maximum Gasteiger partial charge on any atom is 0.341 e. The van der Waals surface area contributed by atoms with E-state index in [1.165, 1.54) is 13.8 Å². The Kier molecular flexibility index (Phi) is 21.9. The first-order chi connectivity index (χ1) is 55.7. The molecule has 0 aromatic rings. The number of carbonyl (C=O) groups excluding carboxylic acids is 11. The monoisotopic (exact) mass is 1650 g/mol. The van der Waals surface area contributed by atoms with Crippen molar-refractivity contribution in [3.63, 3.8) is 0 Å². The van der Waals surface area contributed by atoms with Crippen LogP contribution in [0.5, 0.6) is 0 Å². The Morgan fingerprint density at radius 2 is 0.752 bits per heavy atom. The highest BCUT2D eigenvalue weighted by Gasteiger charge is 2.76. The summed E-state index contributed by atoms with van der Waals surface area (Å²) in [6.07, 6.45) is 29.2. The third-order valence-corrected chi connectivity index (χ3v) is 38.5. The minimum atomic E-state index is -0.770. The molecule has 0 aromatic heterocycles. The van der Waals surface area contributed by atoms with Gasteiger partial charge in [-0.1, -0.05) is 186 Å². The van der Waals surface area contributed by atoms with Crippen LogP contribution in [0.4, 0.5) is 0 Å². The van der Waals surface area contributed by atoms with Crippen LogP contribution in [0.15, 0.2) is 75.4 Å². The maximum absolute atomic E-state index is 14.6. The number of amidine groups is 1. The number of nitrogens with one attached hydrogen (secondary N) is 2. The van der Waals surface area contributed by atoms with E-state index < -0.39 is 43.3 Å². The van der Waals surface area contributed by atoms with Crippen LogP contribution in [0.25, 0.3) is 14.5 Å². The number of hydrogen-bond acceptors (Lipinski definition) is 13. The molecule has 9 saturated carbocycles. The second kappa shape index (κ2) is 29.1. The number of fused-ring (bicyclic) bond motifs is 21. The molecule has 4 N–H and O–H groups in total. The molecule has 0 spiro atoms. The Bertz CT molecular complexity index is 4930. The van der Waals surface area contributed by atoms with E-state index in [0.29, 0.717) is 19.3 Å². The molecule has 0 bridgehead atoms. The number of amides is 2. The van der Waals surface area contributed by atoms with Crippen molar-refractivity contribution >= 4 is 69.9 Å². The fourth-order valence-corrected chi connectivity index (χ4v) is 31.2. The number of ketones is 8. The first kappa shape index (κ1) is 90.9. The van der Waals surface area contributed by atoms with Crippen molar-refractivity contribution in [3.8, 4) is 0 Å². The summed E-state index contributed by atoms with van der Waals surface area (Å²) in [4.78, 5) is 164. The second-order valence-corrected chi connectivity index (χ2v) is 47.5. The van der Waals surface area contributed by atoms with Crippen LogP contribution in [-0.2, 0) is 57.6 Å². The van der Waals surface area contributed by atoms with Gasteiger partial charge in [-0.15, -0.1) is 0 Å². The van der Waals surface area contributed by atoms with E-state index in [4.69, 9.17) is 30.3 Å². The largest absolute Gasteiger partial charge is 0.385 e. The van der Waals surface area contributed by atoms with Crippen molar-refractivity contribution in [2.75, 3.05) is 13.1 Å². The molecule has 15 aliphatic carbocycles. The number of nitrogens with zero attached hydrogens (tertiary/aromatic N) is 4. The van der Waals surface area contributed by atoms with Crippen LogP contribution in [-0.4, -0.2) is 83.0 Å². The molecule has 0 aliphatic heterocycles. The Balaban J connectivity index is 0.000000157. The van der Waals surface area contributed by atoms with E-state index in [1.807, 2.05) is 78.0 Å². The summed E-state index contributed by atoms with van der Waals surface area (Å²) in [6.45, 7) is 73.5. The van der Waals surface area contributed by atoms with Crippen molar-refractivity contribution in [1.82, 2.24) is 10.6 Å². The second-order valence-electron chi connectivity index (χ2n) is 47.5. The summed E-state index contributed by atoms with van der Waals surface area (Å²) < 4.78 is 0. The van der Waals surface area contributed by atoms with E-state index in [0.717, 1.165) is 139 Å². The van der Waals surface area contributed by atoms with Crippen molar-refractivity contribution in [3.05, 3.63) is 105 Å². The zero-order valence-corrected chi connectivity index (χ0v) is 77.4. The molecule has 0 aromatic carbocycles. The summed E-state index contributed by atoms with van der Waals surface area (Å²) >= 11 is 0. The Labute approximate surface area is 720 Å². The molecule has 19 heteroatoms. The van der Waals surface area contributed by atoms with Crippen molar-refractivity contribution in [2.24, 2.45) is 162 Å². The lowest BCUT2D eigenvalue weighted by Gasteiger charge is -2.69. The number of nitrogens with two attached hydrogens (primary N) is 1. The lowest BCUT2D eigenvalue weighted by atomic mass is 9.34. The highest BCUT2D eigenvalue weighted by Crippen LogP contribution is 2.80. The molecule has 19 nitrogen and oxygen atoms in total. The van der Waals surface area contributed by atoms with Crippen molar-refractivity contribution in [1.29, 1.82) is 0 Å². The van der Waals surface area contributed by atoms with E-state index in [2.05, 4.69) is 134 Å². The Hall–Kier alpha value is -7.85. The summed E-state index contributed by atoms with van der Waals surface area (Å²) in [5.41, 5.74) is 2.38. The molecule has 2 amide bonds. The number of hydrogen-bond donors (Lipinski definition) is 3. The lowest BCUT2D eigenvalue weighted by molar-refractivity contribution is -0.193. The molecule has 21 atom stereocenters. The highest BCUT2D eigenvalue weighted by atomic mass is 16.7. The highest BCUT2D eigenvalue weighted by molar-refractivity contribution is 6.06. The smallest absolute Gasteiger partial charge is 0.341 e. The van der Waals surface area contributed by atoms with Crippen molar-refractivity contribution < 1.29 is 57.6 Å². The van der Waals surface area contributed by atoms with Crippen LogP contribution >= 0.6 is 0 Å². The molecule has 0 unspecified atom stereocenters. The predicted molar refractivity (Wildman–Crippen MR) is 465 cm³/mol. The third-order valence-electron chi connectivity index (χ3n) is 38.5. The van der Waals surface area contributed by atoms with Gasteiger partial charge in [0.05, 0.1) is 38.2 Å². The predicted octanol–water partition coefficient (Wildman–Crippen LogP) is 19.3. The molecule has 9 fully saturated rings. The molecule has 0 heterocycles. The SMILES string of the molecule is [C-]#[N+]C1=C[C@]2(C)C3=CC(=O)[C@@H]4[C@@H]5CC(C)(C)CC[C@]5(C(=O)CNC(C)=O)CC[C@@]4(C)[C@]3(C)CC[C@H]2C(C)(C)C1=O.[C-]#[N+]C1=C[C@]2(C)C3=CC(=O)[C@@H]4[C@@H]5CC(C)(C)CC[C@]5(C(=O)ON=C(C)N)CC[C@@]4(C)[C@]3(C)CC[C@H]2C(C)(C)C1=O.[C-]#[N+]C1=C[C@]2(C)C3=CC(=O)[C@@H]4[C@@H]5CC(C)(C)CC[C@]5(CC(=O)NCC(C)=O)CC[C@@]4(C)[C@]3(C)CC[C@H]2C(C)(C)C1=O. The summed E-state index contributed by atoms with van der Waals surface area (Å²) in [5.74, 6) is -1.30. The van der Waals surface area contributed by atoms with Gasteiger partial charge in [-0.05, 0) is 257 Å². The molecule has 15 aliphatic rings. The number of rotatable bonds is 9. The standard InChI is InChI=1S/C35H48N2O4.C34H46N2O4.C33H45N3O4/c1-21(38)20-37-27(40)19-35-14-12-30(2,3)17-22(35)28-24(39)16-26-32(6)18-23(36-9)29(41)31(4,5)25(32)10-11-33(26,7)34(28,8)13-15-35;1-20(37)36-19-26(39)34-14-12-29(2,3)17-21(34)27-23(38)16-25-31(6)18-22(35-9)28(40)30(4,5)24(31)10-11-32(25,7)33(27,8)13-15-34;1-19(34)36-40-27(39)33-14-12-28(2,3)17-20(33)25-22(37)16-24-30(6)18-21(35-9)26(38)29(4,5)23(30)10-11-31(24,7)32(25,8)13-15-33/h16,18,22,25,28H,10-15,17,19-20H2,1-8H3,(H,37,40);16,18,21,24,27H,10-15,17,19H2,1-8H3,(H,36,37);16,18,20,23,25H,10-15,17H2,1-8H3,(H2,34,36)/t22-,25-,28-,32-,33+,34+,35+;21-,24-,27-,31-,32+,33+,34-;20-,23-,25-,30-,31+,32+,33-/m000/s1. The minimum absolute atomic E-state index is 0.00438. The molecule has 15 rings (SSSR count). The van der Waals surface area contributed by atoms with E-state index in [1.54, 1.807) is 6.92 Å². The topological polar surface area (TPSA) is 273 Å². The zero-order valence-electron chi connectivity index (χ0n) is 77.4. The first-order valence-electron chi connectivity index (χ1n) is 45.5.